The molecule has 1 atom stereocenters. The Morgan fingerprint density at radius 3 is 2.54 bits per heavy atom. The predicted molar refractivity (Wildman–Crippen MR) is 55.1 cm³/mol. The van der Waals surface area contributed by atoms with Gasteiger partial charge < -0.3 is 4.90 Å². The van der Waals surface area contributed by atoms with Gasteiger partial charge in [0.2, 0.25) is 5.91 Å². The summed E-state index contributed by atoms with van der Waals surface area (Å²) in [4.78, 5) is 13.3. The highest BCUT2D eigenvalue weighted by Gasteiger charge is 2.57. The van der Waals surface area contributed by atoms with Crippen LogP contribution in [0.15, 0.2) is 0 Å². The van der Waals surface area contributed by atoms with Crippen molar-refractivity contribution in [2.75, 3.05) is 13.6 Å². The molecule has 1 aliphatic rings. The molecular weight excluding hydrogens is 209 g/mol. The van der Waals surface area contributed by atoms with Crippen LogP contribution in [0, 0.1) is 5.92 Å². The van der Waals surface area contributed by atoms with E-state index in [4.69, 9.17) is 23.2 Å². The Morgan fingerprint density at radius 2 is 2.15 bits per heavy atom. The number of unbranched alkanes of at least 4 members (excludes halogenated alkanes) is 1. The van der Waals surface area contributed by atoms with Crippen molar-refractivity contribution in [1.82, 2.24) is 4.90 Å². The van der Waals surface area contributed by atoms with Crippen LogP contribution in [0.1, 0.15) is 26.2 Å². The van der Waals surface area contributed by atoms with Crippen LogP contribution >= 0.6 is 23.2 Å². The number of halogens is 2. The Hall–Kier alpha value is 0.0500. The van der Waals surface area contributed by atoms with Crippen molar-refractivity contribution in [3.8, 4) is 0 Å². The molecule has 0 aromatic rings. The second-order valence-electron chi connectivity index (χ2n) is 3.63. The van der Waals surface area contributed by atoms with E-state index in [-0.39, 0.29) is 11.8 Å². The van der Waals surface area contributed by atoms with Crippen LogP contribution in [0.2, 0.25) is 0 Å². The normalized spacial score (nSPS) is 24.2. The van der Waals surface area contributed by atoms with Crippen molar-refractivity contribution in [2.45, 2.75) is 30.5 Å². The SMILES string of the molecule is CCCCN(C)C(=O)C1CC1(Cl)Cl. The zero-order chi connectivity index (χ0) is 10.1. The van der Waals surface area contributed by atoms with E-state index in [2.05, 4.69) is 6.92 Å². The average molecular weight is 224 g/mol. The first kappa shape index (κ1) is 11.1. The number of nitrogens with zero attached hydrogens (tertiary/aromatic N) is 1. The van der Waals surface area contributed by atoms with Gasteiger partial charge in [0.1, 0.15) is 4.33 Å². The summed E-state index contributed by atoms with van der Waals surface area (Å²) >= 11 is 11.6. The van der Waals surface area contributed by atoms with Gasteiger partial charge in [-0.2, -0.15) is 0 Å². The highest BCUT2D eigenvalue weighted by atomic mass is 35.5. The van der Waals surface area contributed by atoms with Gasteiger partial charge in [-0.15, -0.1) is 23.2 Å². The lowest BCUT2D eigenvalue weighted by Gasteiger charge is -2.16. The van der Waals surface area contributed by atoms with E-state index in [1.165, 1.54) is 0 Å². The van der Waals surface area contributed by atoms with Gasteiger partial charge in [0, 0.05) is 13.6 Å². The zero-order valence-electron chi connectivity index (χ0n) is 8.02. The molecule has 0 saturated heterocycles. The Balaban J connectivity index is 2.32. The smallest absolute Gasteiger partial charge is 0.228 e. The first-order valence-electron chi connectivity index (χ1n) is 4.62. The van der Waals surface area contributed by atoms with Gasteiger partial charge in [0.25, 0.3) is 0 Å². The summed E-state index contributed by atoms with van der Waals surface area (Å²) in [5.41, 5.74) is 0. The van der Waals surface area contributed by atoms with Crippen LogP contribution < -0.4 is 0 Å². The standard InChI is InChI=1S/C9H15Cl2NO/c1-3-4-5-12(2)8(13)7-6-9(7,10)11/h7H,3-6H2,1-2H3. The number of hydrogen-bond donors (Lipinski definition) is 0. The van der Waals surface area contributed by atoms with Crippen molar-refractivity contribution < 1.29 is 4.79 Å². The van der Waals surface area contributed by atoms with Crippen molar-refractivity contribution in [2.24, 2.45) is 5.92 Å². The monoisotopic (exact) mass is 223 g/mol. The van der Waals surface area contributed by atoms with Crippen LogP contribution in [0.4, 0.5) is 0 Å². The number of hydrogen-bond acceptors (Lipinski definition) is 1. The molecule has 76 valence electrons. The lowest BCUT2D eigenvalue weighted by Crippen LogP contribution is -2.30. The number of alkyl halides is 2. The molecule has 1 unspecified atom stereocenters. The van der Waals surface area contributed by atoms with Crippen molar-refractivity contribution in [1.29, 1.82) is 0 Å². The maximum atomic E-state index is 11.6. The summed E-state index contributed by atoms with van der Waals surface area (Å²) in [6.07, 6.45) is 2.73. The zero-order valence-corrected chi connectivity index (χ0v) is 9.53. The fourth-order valence-corrected chi connectivity index (χ4v) is 1.75. The third kappa shape index (κ3) is 2.75. The van der Waals surface area contributed by atoms with Crippen LogP contribution in [0.5, 0.6) is 0 Å². The molecule has 1 fully saturated rings. The van der Waals surface area contributed by atoms with E-state index in [0.29, 0.717) is 6.42 Å². The summed E-state index contributed by atoms with van der Waals surface area (Å²) in [6, 6.07) is 0. The van der Waals surface area contributed by atoms with Crippen molar-refractivity contribution >= 4 is 29.1 Å². The van der Waals surface area contributed by atoms with Gasteiger partial charge in [-0.3, -0.25) is 4.79 Å². The molecule has 0 spiro atoms. The maximum absolute atomic E-state index is 11.6. The van der Waals surface area contributed by atoms with Gasteiger partial charge in [-0.05, 0) is 12.8 Å². The van der Waals surface area contributed by atoms with Gasteiger partial charge in [0.05, 0.1) is 5.92 Å². The van der Waals surface area contributed by atoms with E-state index in [1.807, 2.05) is 0 Å². The molecule has 0 aromatic carbocycles. The molecule has 1 saturated carbocycles. The summed E-state index contributed by atoms with van der Waals surface area (Å²) in [7, 11) is 1.81. The topological polar surface area (TPSA) is 20.3 Å². The van der Waals surface area contributed by atoms with E-state index in [1.54, 1.807) is 11.9 Å². The van der Waals surface area contributed by atoms with Gasteiger partial charge in [-0.1, -0.05) is 13.3 Å². The fourth-order valence-electron chi connectivity index (χ4n) is 1.25. The Labute approximate surface area is 89.2 Å². The molecule has 0 radical (unpaired) electrons. The quantitative estimate of drug-likeness (QED) is 0.671. The van der Waals surface area contributed by atoms with E-state index < -0.39 is 4.33 Å². The fraction of sp³-hybridized carbons (Fsp3) is 0.889. The molecule has 4 heteroatoms. The molecule has 0 heterocycles. The first-order valence-corrected chi connectivity index (χ1v) is 5.37. The van der Waals surface area contributed by atoms with E-state index in [9.17, 15) is 4.79 Å². The minimum absolute atomic E-state index is 0.0819. The number of carbonyl (C=O) groups excluding carboxylic acids is 1. The molecule has 0 aliphatic heterocycles. The third-order valence-electron chi connectivity index (χ3n) is 2.35. The lowest BCUT2D eigenvalue weighted by molar-refractivity contribution is -0.131. The predicted octanol–water partition coefficient (Wildman–Crippen LogP) is 2.44. The van der Waals surface area contributed by atoms with E-state index in [0.717, 1.165) is 19.4 Å². The average Bonchev–Trinajstić information content (AvgIpc) is 2.69. The molecule has 2 nitrogen and oxygen atoms in total. The Morgan fingerprint density at radius 1 is 1.62 bits per heavy atom. The van der Waals surface area contributed by atoms with Gasteiger partial charge in [0.15, 0.2) is 0 Å². The number of carbonyl (C=O) groups is 1. The molecule has 0 N–H and O–H groups in total. The highest BCUT2D eigenvalue weighted by molar-refractivity contribution is 6.52. The second-order valence-corrected chi connectivity index (χ2v) is 5.17. The minimum Gasteiger partial charge on any atom is -0.345 e. The molecule has 0 bridgehead atoms. The van der Waals surface area contributed by atoms with Crippen molar-refractivity contribution in [3.05, 3.63) is 0 Å². The molecule has 13 heavy (non-hydrogen) atoms. The summed E-state index contributed by atoms with van der Waals surface area (Å²) < 4.78 is -0.780. The summed E-state index contributed by atoms with van der Waals surface area (Å²) in [5.74, 6) is -0.0869. The molecule has 1 rings (SSSR count). The maximum Gasteiger partial charge on any atom is 0.228 e. The molecular formula is C9H15Cl2NO. The summed E-state index contributed by atoms with van der Waals surface area (Å²) in [6.45, 7) is 2.90. The molecule has 1 aliphatic carbocycles. The van der Waals surface area contributed by atoms with E-state index >= 15 is 0 Å². The highest BCUT2D eigenvalue weighted by Crippen LogP contribution is 2.53. The number of amides is 1. The minimum atomic E-state index is -0.780. The second kappa shape index (κ2) is 4.05. The van der Waals surface area contributed by atoms with Crippen LogP contribution in [0.25, 0.3) is 0 Å². The number of rotatable bonds is 4. The summed E-state index contributed by atoms with van der Waals surface area (Å²) in [5, 5.41) is 0. The third-order valence-corrected chi connectivity index (χ3v) is 3.18. The van der Waals surface area contributed by atoms with Crippen LogP contribution in [-0.2, 0) is 4.79 Å². The van der Waals surface area contributed by atoms with Gasteiger partial charge in [-0.25, -0.2) is 0 Å². The first-order chi connectivity index (χ1) is 5.99. The molecule has 0 aromatic heterocycles. The van der Waals surface area contributed by atoms with Crippen LogP contribution in [0.3, 0.4) is 0 Å². The largest absolute Gasteiger partial charge is 0.345 e. The van der Waals surface area contributed by atoms with Crippen LogP contribution in [-0.4, -0.2) is 28.7 Å². The van der Waals surface area contributed by atoms with Gasteiger partial charge >= 0.3 is 0 Å². The Kier molecular flexibility index (Phi) is 3.47. The lowest BCUT2D eigenvalue weighted by atomic mass is 10.3. The van der Waals surface area contributed by atoms with Crippen molar-refractivity contribution in [3.63, 3.8) is 0 Å². The Bertz CT molecular complexity index is 206. The molecule has 1 amide bonds.